The number of nitrogens with zero attached hydrogens (tertiary/aromatic N) is 1. The van der Waals surface area contributed by atoms with Crippen LogP contribution in [0.5, 0.6) is 5.75 Å². The predicted octanol–water partition coefficient (Wildman–Crippen LogP) is 5.32. The Morgan fingerprint density at radius 2 is 1.73 bits per heavy atom. The predicted molar refractivity (Wildman–Crippen MR) is 127 cm³/mol. The third kappa shape index (κ3) is 6.31. The summed E-state index contributed by atoms with van der Waals surface area (Å²) in [5.74, 6) is -0.941. The zero-order valence-corrected chi connectivity index (χ0v) is 18.7. The van der Waals surface area contributed by atoms with E-state index in [4.69, 9.17) is 27.9 Å². The minimum atomic E-state index is -0.697. The number of nitrogens with one attached hydrogen (secondary N) is 2. The molecule has 0 bridgehead atoms. The average molecular weight is 486 g/mol. The molecule has 3 rings (SSSR count). The standard InChI is InChI=1S/C23H17Cl2N3O5/c1-33-21-9-8-17(25)13-19(21)26-23(30)20(11-14-4-2-7-18(10-14)28(31)32)27-22(29)15-5-3-6-16(24)12-15/h2-13H,1H3,(H,26,30)(H,27,29)/b20-11-. The van der Waals surface area contributed by atoms with Crippen LogP contribution < -0.4 is 15.4 Å². The van der Waals surface area contributed by atoms with Gasteiger partial charge in [-0.15, -0.1) is 0 Å². The lowest BCUT2D eigenvalue weighted by Crippen LogP contribution is -2.30. The molecule has 0 atom stereocenters. The van der Waals surface area contributed by atoms with Gasteiger partial charge >= 0.3 is 0 Å². The number of nitro groups is 1. The molecule has 0 spiro atoms. The highest BCUT2D eigenvalue weighted by Crippen LogP contribution is 2.28. The van der Waals surface area contributed by atoms with E-state index in [0.29, 0.717) is 21.4 Å². The smallest absolute Gasteiger partial charge is 0.272 e. The Morgan fingerprint density at radius 1 is 1.00 bits per heavy atom. The molecule has 0 heterocycles. The molecule has 10 heteroatoms. The number of nitro benzene ring substituents is 1. The van der Waals surface area contributed by atoms with E-state index >= 15 is 0 Å². The summed E-state index contributed by atoms with van der Waals surface area (Å²) in [5.41, 5.74) is 0.500. The molecule has 3 aromatic rings. The van der Waals surface area contributed by atoms with Crippen molar-refractivity contribution in [1.29, 1.82) is 0 Å². The number of hydrogen-bond acceptors (Lipinski definition) is 5. The maximum atomic E-state index is 13.1. The number of methoxy groups -OCH3 is 1. The SMILES string of the molecule is COc1ccc(Cl)cc1NC(=O)/C(=C/c1cccc([N+](=O)[O-])c1)NC(=O)c1cccc(Cl)c1. The highest BCUT2D eigenvalue weighted by atomic mass is 35.5. The van der Waals surface area contributed by atoms with E-state index in [0.717, 1.165) is 0 Å². The molecule has 0 aliphatic carbocycles. The summed E-state index contributed by atoms with van der Waals surface area (Å²) in [5, 5.41) is 17.0. The van der Waals surface area contributed by atoms with Crippen LogP contribution >= 0.6 is 23.2 Å². The highest BCUT2D eigenvalue weighted by Gasteiger charge is 2.18. The van der Waals surface area contributed by atoms with Gasteiger partial charge in [0.2, 0.25) is 0 Å². The molecule has 0 radical (unpaired) electrons. The number of rotatable bonds is 7. The molecule has 2 N–H and O–H groups in total. The molecule has 2 amide bonds. The topological polar surface area (TPSA) is 111 Å². The van der Waals surface area contributed by atoms with Gasteiger partial charge in [0.15, 0.2) is 0 Å². The second kappa shape index (κ2) is 10.6. The first kappa shape index (κ1) is 23.8. The zero-order chi connectivity index (χ0) is 24.0. The Kier molecular flexibility index (Phi) is 7.66. The van der Waals surface area contributed by atoms with Gasteiger partial charge < -0.3 is 15.4 Å². The largest absolute Gasteiger partial charge is 0.495 e. The van der Waals surface area contributed by atoms with E-state index in [1.54, 1.807) is 30.3 Å². The Morgan fingerprint density at radius 3 is 2.42 bits per heavy atom. The van der Waals surface area contributed by atoms with Crippen molar-refractivity contribution in [2.45, 2.75) is 0 Å². The number of anilines is 1. The summed E-state index contributed by atoms with van der Waals surface area (Å²) in [4.78, 5) is 36.4. The lowest BCUT2D eigenvalue weighted by atomic mass is 10.1. The molecule has 3 aromatic carbocycles. The van der Waals surface area contributed by atoms with Gasteiger partial charge in [0, 0.05) is 27.7 Å². The fourth-order valence-electron chi connectivity index (χ4n) is 2.84. The molecule has 0 aromatic heterocycles. The number of halogens is 2. The van der Waals surface area contributed by atoms with Crippen LogP contribution in [0.25, 0.3) is 6.08 Å². The fraction of sp³-hybridized carbons (Fsp3) is 0.0435. The van der Waals surface area contributed by atoms with E-state index in [1.165, 1.54) is 49.6 Å². The number of carbonyl (C=O) groups excluding carboxylic acids is 2. The van der Waals surface area contributed by atoms with Crippen molar-refractivity contribution < 1.29 is 19.2 Å². The van der Waals surface area contributed by atoms with Gasteiger partial charge in [0.25, 0.3) is 17.5 Å². The van der Waals surface area contributed by atoms with Crippen molar-refractivity contribution in [2.75, 3.05) is 12.4 Å². The van der Waals surface area contributed by atoms with Crippen molar-refractivity contribution in [3.05, 3.63) is 104 Å². The lowest BCUT2D eigenvalue weighted by Gasteiger charge is -2.14. The van der Waals surface area contributed by atoms with E-state index in [2.05, 4.69) is 10.6 Å². The number of benzene rings is 3. The minimum absolute atomic E-state index is 0.164. The molecule has 0 aliphatic rings. The van der Waals surface area contributed by atoms with Crippen LogP contribution in [0.15, 0.2) is 72.4 Å². The molecular formula is C23H17Cl2N3O5. The molecule has 33 heavy (non-hydrogen) atoms. The summed E-state index contributed by atoms with van der Waals surface area (Å²) in [6.45, 7) is 0. The third-order valence-electron chi connectivity index (χ3n) is 4.38. The van der Waals surface area contributed by atoms with Gasteiger partial charge in [-0.05, 0) is 48.0 Å². The third-order valence-corrected chi connectivity index (χ3v) is 4.85. The van der Waals surface area contributed by atoms with Crippen molar-refractivity contribution in [1.82, 2.24) is 5.32 Å². The highest BCUT2D eigenvalue weighted by molar-refractivity contribution is 6.31. The maximum Gasteiger partial charge on any atom is 0.272 e. The molecule has 168 valence electrons. The molecule has 0 saturated heterocycles. The van der Waals surface area contributed by atoms with E-state index < -0.39 is 16.7 Å². The molecule has 0 saturated carbocycles. The quantitative estimate of drug-likeness (QED) is 0.267. The summed E-state index contributed by atoms with van der Waals surface area (Å²) in [7, 11) is 1.43. The first-order valence-corrected chi connectivity index (χ1v) is 10.2. The monoisotopic (exact) mass is 485 g/mol. The second-order valence-electron chi connectivity index (χ2n) is 6.67. The van der Waals surface area contributed by atoms with Gasteiger partial charge in [-0.3, -0.25) is 19.7 Å². The molecular weight excluding hydrogens is 469 g/mol. The first-order chi connectivity index (χ1) is 15.8. The summed E-state index contributed by atoms with van der Waals surface area (Å²) in [6.07, 6.45) is 1.32. The van der Waals surface area contributed by atoms with Crippen LogP contribution in [0.2, 0.25) is 10.0 Å². The van der Waals surface area contributed by atoms with Gasteiger partial charge in [-0.1, -0.05) is 41.4 Å². The lowest BCUT2D eigenvalue weighted by molar-refractivity contribution is -0.384. The van der Waals surface area contributed by atoms with Gasteiger partial charge in [-0.25, -0.2) is 0 Å². The van der Waals surface area contributed by atoms with Gasteiger partial charge in [-0.2, -0.15) is 0 Å². The van der Waals surface area contributed by atoms with Crippen molar-refractivity contribution in [3.63, 3.8) is 0 Å². The Labute approximate surface area is 198 Å². The number of hydrogen-bond donors (Lipinski definition) is 2. The zero-order valence-electron chi connectivity index (χ0n) is 17.2. The fourth-order valence-corrected chi connectivity index (χ4v) is 3.21. The first-order valence-electron chi connectivity index (χ1n) is 9.45. The Bertz CT molecular complexity index is 1260. The van der Waals surface area contributed by atoms with E-state index in [1.807, 2.05) is 0 Å². The van der Waals surface area contributed by atoms with Gasteiger partial charge in [0.1, 0.15) is 11.4 Å². The van der Waals surface area contributed by atoms with Crippen molar-refractivity contribution in [3.8, 4) is 5.75 Å². The van der Waals surface area contributed by atoms with Crippen LogP contribution in [-0.4, -0.2) is 23.8 Å². The van der Waals surface area contributed by atoms with Gasteiger partial charge in [0.05, 0.1) is 17.7 Å². The second-order valence-corrected chi connectivity index (χ2v) is 7.55. The van der Waals surface area contributed by atoms with Crippen LogP contribution in [-0.2, 0) is 4.79 Å². The van der Waals surface area contributed by atoms with E-state index in [-0.39, 0.29) is 22.6 Å². The normalized spacial score (nSPS) is 10.9. The minimum Gasteiger partial charge on any atom is -0.495 e. The van der Waals surface area contributed by atoms with Crippen LogP contribution in [0.3, 0.4) is 0 Å². The molecule has 8 nitrogen and oxygen atoms in total. The Balaban J connectivity index is 1.98. The number of non-ortho nitro benzene ring substituents is 1. The summed E-state index contributed by atoms with van der Waals surface area (Å²) in [6, 6.07) is 16.5. The summed E-state index contributed by atoms with van der Waals surface area (Å²) < 4.78 is 5.24. The maximum absolute atomic E-state index is 13.1. The van der Waals surface area contributed by atoms with Crippen molar-refractivity contribution in [2.24, 2.45) is 0 Å². The number of ether oxygens (including phenoxy) is 1. The number of carbonyl (C=O) groups is 2. The summed E-state index contributed by atoms with van der Waals surface area (Å²) >= 11 is 12.0. The van der Waals surface area contributed by atoms with E-state index in [9.17, 15) is 19.7 Å². The van der Waals surface area contributed by atoms with Crippen LogP contribution in [0, 0.1) is 10.1 Å². The average Bonchev–Trinajstić information content (AvgIpc) is 2.79. The van der Waals surface area contributed by atoms with Crippen LogP contribution in [0.1, 0.15) is 15.9 Å². The number of amides is 2. The van der Waals surface area contributed by atoms with Crippen LogP contribution in [0.4, 0.5) is 11.4 Å². The Hall–Kier alpha value is -3.88. The molecule has 0 aliphatic heterocycles. The molecule has 0 fully saturated rings. The van der Waals surface area contributed by atoms with Crippen molar-refractivity contribution >= 4 is 52.5 Å². The molecule has 0 unspecified atom stereocenters.